The molecule has 1 N–H and O–H groups in total. The van der Waals surface area contributed by atoms with Gasteiger partial charge in [-0.15, -0.1) is 11.3 Å². The minimum Gasteiger partial charge on any atom is -0.307 e. The minimum atomic E-state index is 0.445. The van der Waals surface area contributed by atoms with Crippen LogP contribution in [0.5, 0.6) is 0 Å². The van der Waals surface area contributed by atoms with E-state index in [-0.39, 0.29) is 0 Å². The van der Waals surface area contributed by atoms with Crippen LogP contribution in [0.1, 0.15) is 63.3 Å². The fourth-order valence-corrected chi connectivity index (χ4v) is 3.50. The van der Waals surface area contributed by atoms with E-state index in [0.717, 1.165) is 5.92 Å². The molecule has 1 aliphatic rings. The first-order valence-electron chi connectivity index (χ1n) is 6.92. The molecule has 2 nitrogen and oxygen atoms in total. The first-order valence-corrected chi connectivity index (χ1v) is 7.80. The number of aromatic nitrogens is 1. The van der Waals surface area contributed by atoms with Crippen LogP contribution in [-0.4, -0.2) is 11.0 Å². The van der Waals surface area contributed by atoms with E-state index in [4.69, 9.17) is 0 Å². The summed E-state index contributed by atoms with van der Waals surface area (Å²) in [6.45, 7) is 4.61. The van der Waals surface area contributed by atoms with Gasteiger partial charge in [-0.2, -0.15) is 0 Å². The van der Waals surface area contributed by atoms with E-state index in [1.54, 1.807) is 11.3 Å². The van der Waals surface area contributed by atoms with Gasteiger partial charge in [0.25, 0.3) is 0 Å². The van der Waals surface area contributed by atoms with Crippen molar-refractivity contribution in [3.05, 3.63) is 16.6 Å². The van der Waals surface area contributed by atoms with Gasteiger partial charge in [0.2, 0.25) is 0 Å². The van der Waals surface area contributed by atoms with Gasteiger partial charge in [0.15, 0.2) is 0 Å². The Hall–Kier alpha value is -0.410. The van der Waals surface area contributed by atoms with Crippen molar-refractivity contribution in [1.82, 2.24) is 10.3 Å². The molecule has 0 bridgehead atoms. The molecule has 0 saturated heterocycles. The number of thiazole rings is 1. The highest BCUT2D eigenvalue weighted by molar-refractivity contribution is 7.09. The highest BCUT2D eigenvalue weighted by Crippen LogP contribution is 2.27. The second-order valence-corrected chi connectivity index (χ2v) is 6.25. The lowest BCUT2D eigenvalue weighted by Gasteiger charge is -2.26. The Kier molecular flexibility index (Phi) is 4.99. The lowest BCUT2D eigenvalue weighted by atomic mass is 9.92. The summed E-state index contributed by atoms with van der Waals surface area (Å²) >= 11 is 1.75. The van der Waals surface area contributed by atoms with Crippen LogP contribution in [0.3, 0.4) is 0 Å². The third-order valence-corrected chi connectivity index (χ3v) is 4.96. The highest BCUT2D eigenvalue weighted by Gasteiger charge is 2.20. The van der Waals surface area contributed by atoms with Crippen molar-refractivity contribution in [2.75, 3.05) is 0 Å². The average molecular weight is 252 g/mol. The van der Waals surface area contributed by atoms with E-state index >= 15 is 0 Å². The molecule has 0 aromatic carbocycles. The normalized spacial score (nSPS) is 22.0. The predicted molar refractivity (Wildman–Crippen MR) is 74.3 cm³/mol. The summed E-state index contributed by atoms with van der Waals surface area (Å²) in [5, 5.41) is 3.75. The van der Waals surface area contributed by atoms with Crippen molar-refractivity contribution < 1.29 is 0 Å². The molecule has 0 amide bonds. The second kappa shape index (κ2) is 6.50. The molecular formula is C14H24N2S. The van der Waals surface area contributed by atoms with Gasteiger partial charge in [-0.3, -0.25) is 4.98 Å². The van der Waals surface area contributed by atoms with Crippen LogP contribution in [0, 0.1) is 5.92 Å². The molecule has 3 heteroatoms. The van der Waals surface area contributed by atoms with Gasteiger partial charge in [0.05, 0.1) is 5.51 Å². The zero-order valence-corrected chi connectivity index (χ0v) is 11.8. The summed E-state index contributed by atoms with van der Waals surface area (Å²) in [7, 11) is 0. The lowest BCUT2D eigenvalue weighted by molar-refractivity contribution is 0.317. The second-order valence-electron chi connectivity index (χ2n) is 5.33. The van der Waals surface area contributed by atoms with Crippen molar-refractivity contribution >= 4 is 11.3 Å². The fraction of sp³-hybridized carbons (Fsp3) is 0.786. The van der Waals surface area contributed by atoms with Crippen molar-refractivity contribution in [2.45, 2.75) is 64.5 Å². The lowest BCUT2D eigenvalue weighted by Crippen LogP contribution is -2.35. The Bertz CT molecular complexity index is 302. The van der Waals surface area contributed by atoms with Crippen LogP contribution in [0.25, 0.3) is 0 Å². The first kappa shape index (κ1) is 13.0. The maximum absolute atomic E-state index is 4.16. The third-order valence-electron chi connectivity index (χ3n) is 4.00. The van der Waals surface area contributed by atoms with Gasteiger partial charge < -0.3 is 5.32 Å². The van der Waals surface area contributed by atoms with Gasteiger partial charge >= 0.3 is 0 Å². The molecule has 0 radical (unpaired) electrons. The van der Waals surface area contributed by atoms with E-state index in [9.17, 15) is 0 Å². The quantitative estimate of drug-likeness (QED) is 0.814. The minimum absolute atomic E-state index is 0.445. The third kappa shape index (κ3) is 3.78. The molecule has 1 aromatic rings. The maximum Gasteiger partial charge on any atom is 0.0794 e. The summed E-state index contributed by atoms with van der Waals surface area (Å²) in [4.78, 5) is 5.51. The van der Waals surface area contributed by atoms with Crippen LogP contribution in [0.4, 0.5) is 0 Å². The summed E-state index contributed by atoms with van der Waals surface area (Å²) in [5.41, 5.74) is 1.92. The number of nitrogens with zero attached hydrogens (tertiary/aromatic N) is 1. The van der Waals surface area contributed by atoms with Crippen LogP contribution in [-0.2, 0) is 0 Å². The van der Waals surface area contributed by atoms with Gasteiger partial charge in [0, 0.05) is 23.2 Å². The van der Waals surface area contributed by atoms with Crippen molar-refractivity contribution in [1.29, 1.82) is 0 Å². The largest absolute Gasteiger partial charge is 0.307 e. The van der Waals surface area contributed by atoms with Crippen LogP contribution < -0.4 is 5.32 Å². The monoisotopic (exact) mass is 252 g/mol. The summed E-state index contributed by atoms with van der Waals surface area (Å²) in [6.07, 6.45) is 10.5. The molecule has 2 atom stereocenters. The van der Waals surface area contributed by atoms with Gasteiger partial charge in [0.1, 0.15) is 0 Å². The average Bonchev–Trinajstić information content (AvgIpc) is 2.71. The smallest absolute Gasteiger partial charge is 0.0794 e. The topological polar surface area (TPSA) is 24.9 Å². The zero-order valence-electron chi connectivity index (χ0n) is 11.0. The molecule has 17 heavy (non-hydrogen) atoms. The molecule has 0 spiro atoms. The molecule has 1 unspecified atom stereocenters. The fourth-order valence-electron chi connectivity index (χ4n) is 2.86. The number of hydrogen-bond acceptors (Lipinski definition) is 3. The molecule has 96 valence electrons. The molecule has 1 aromatic heterocycles. The Balaban J connectivity index is 1.85. The van der Waals surface area contributed by atoms with Crippen molar-refractivity contribution in [3.63, 3.8) is 0 Å². The molecule has 1 fully saturated rings. The Morgan fingerprint density at radius 3 is 2.53 bits per heavy atom. The van der Waals surface area contributed by atoms with Crippen molar-refractivity contribution in [2.24, 2.45) is 5.92 Å². The molecule has 1 aliphatic carbocycles. The van der Waals surface area contributed by atoms with Gasteiger partial charge in [-0.1, -0.05) is 25.7 Å². The van der Waals surface area contributed by atoms with E-state index in [1.165, 1.54) is 43.4 Å². The SMILES string of the molecule is CC(N[C@@H](C)C1CCCCCC1)c1cncs1. The maximum atomic E-state index is 4.16. The van der Waals surface area contributed by atoms with Crippen LogP contribution in [0.15, 0.2) is 11.7 Å². The van der Waals surface area contributed by atoms with E-state index in [1.807, 2.05) is 11.7 Å². The van der Waals surface area contributed by atoms with Crippen molar-refractivity contribution in [3.8, 4) is 0 Å². The molecular weight excluding hydrogens is 228 g/mol. The van der Waals surface area contributed by atoms with E-state index in [2.05, 4.69) is 24.1 Å². The highest BCUT2D eigenvalue weighted by atomic mass is 32.1. The van der Waals surface area contributed by atoms with Crippen LogP contribution in [0.2, 0.25) is 0 Å². The number of hydrogen-bond donors (Lipinski definition) is 1. The summed E-state index contributed by atoms with van der Waals surface area (Å²) in [5.74, 6) is 0.868. The van der Waals surface area contributed by atoms with Crippen LogP contribution >= 0.6 is 11.3 Å². The standard InChI is InChI=1S/C14H24N2S/c1-11(13-7-5-3-4-6-8-13)16-12(2)14-9-15-10-17-14/h9-13,16H,3-8H2,1-2H3/t11-,12?/m0/s1. The molecule has 1 heterocycles. The Morgan fingerprint density at radius 1 is 1.24 bits per heavy atom. The molecule has 0 aliphatic heterocycles. The summed E-state index contributed by atoms with van der Waals surface area (Å²) < 4.78 is 0. The van der Waals surface area contributed by atoms with E-state index in [0.29, 0.717) is 12.1 Å². The predicted octanol–water partition coefficient (Wildman–Crippen LogP) is 4.15. The summed E-state index contributed by atoms with van der Waals surface area (Å²) in [6, 6.07) is 1.07. The zero-order chi connectivity index (χ0) is 12.1. The van der Waals surface area contributed by atoms with Gasteiger partial charge in [-0.25, -0.2) is 0 Å². The number of rotatable bonds is 4. The Morgan fingerprint density at radius 2 is 1.94 bits per heavy atom. The molecule has 1 saturated carbocycles. The first-order chi connectivity index (χ1) is 8.27. The number of nitrogens with one attached hydrogen (secondary N) is 1. The Labute approximate surface area is 109 Å². The van der Waals surface area contributed by atoms with E-state index < -0.39 is 0 Å². The molecule has 2 rings (SSSR count). The van der Waals surface area contributed by atoms with Gasteiger partial charge in [-0.05, 0) is 32.6 Å².